The molecule has 0 aromatic heterocycles. The Hall–Kier alpha value is -0.0800. The molecule has 1 rings (SSSR count). The van der Waals surface area contributed by atoms with Gasteiger partial charge in [0.15, 0.2) is 0 Å². The van der Waals surface area contributed by atoms with Crippen molar-refractivity contribution in [3.05, 3.63) is 0 Å². The summed E-state index contributed by atoms with van der Waals surface area (Å²) in [7, 11) is 0. The van der Waals surface area contributed by atoms with Gasteiger partial charge >= 0.3 is 0 Å². The van der Waals surface area contributed by atoms with E-state index >= 15 is 0 Å². The quantitative estimate of drug-likeness (QED) is 0.557. The topological polar surface area (TPSA) is 38.0 Å². The largest absolute Gasteiger partial charge is 0.330 e. The van der Waals surface area contributed by atoms with Crippen LogP contribution in [-0.4, -0.2) is 19.6 Å². The summed E-state index contributed by atoms with van der Waals surface area (Å²) in [5.74, 6) is 0.808. The number of nitrogens with two attached hydrogens (primary N) is 1. The number of hydrogen-bond donors (Lipinski definition) is 2. The van der Waals surface area contributed by atoms with Crippen molar-refractivity contribution in [3.8, 4) is 0 Å². The molecule has 0 aliphatic carbocycles. The molecule has 0 radical (unpaired) electrons. The Bertz CT molecular complexity index is 95.1. The molecule has 1 aliphatic heterocycles. The summed E-state index contributed by atoms with van der Waals surface area (Å²) >= 11 is 0. The summed E-state index contributed by atoms with van der Waals surface area (Å²) < 4.78 is 0. The highest BCUT2D eigenvalue weighted by Crippen LogP contribution is 2.27. The third-order valence-corrected chi connectivity index (χ3v) is 2.41. The zero-order valence-corrected chi connectivity index (χ0v) is 6.28. The fourth-order valence-corrected chi connectivity index (χ4v) is 1.01. The normalized spacial score (nSPS) is 21.7. The van der Waals surface area contributed by atoms with Gasteiger partial charge in [-0.25, -0.2) is 0 Å². The summed E-state index contributed by atoms with van der Waals surface area (Å²) in [6.07, 6.45) is 0. The van der Waals surface area contributed by atoms with E-state index in [9.17, 15) is 0 Å². The fourth-order valence-electron chi connectivity index (χ4n) is 1.01. The predicted octanol–water partition coefficient (Wildman–Crippen LogP) is 0.191. The molecule has 1 heterocycles. The van der Waals surface area contributed by atoms with Gasteiger partial charge < -0.3 is 11.1 Å². The Labute approximate surface area is 56.8 Å². The number of rotatable bonds is 2. The molecule has 0 aromatic rings. The van der Waals surface area contributed by atoms with Crippen molar-refractivity contribution in [2.24, 2.45) is 17.1 Å². The van der Waals surface area contributed by atoms with E-state index in [2.05, 4.69) is 19.2 Å². The van der Waals surface area contributed by atoms with Gasteiger partial charge in [0, 0.05) is 0 Å². The molecule has 0 bridgehead atoms. The van der Waals surface area contributed by atoms with Gasteiger partial charge in [0.25, 0.3) is 0 Å². The first-order valence-electron chi connectivity index (χ1n) is 3.57. The van der Waals surface area contributed by atoms with Crippen LogP contribution in [0.15, 0.2) is 0 Å². The molecular formula is C7H16N2. The highest BCUT2D eigenvalue weighted by Gasteiger charge is 2.32. The van der Waals surface area contributed by atoms with Crippen LogP contribution in [-0.2, 0) is 0 Å². The predicted molar refractivity (Wildman–Crippen MR) is 39.2 cm³/mol. The second-order valence-corrected chi connectivity index (χ2v) is 3.55. The third kappa shape index (κ3) is 1.25. The average Bonchev–Trinajstić information content (AvgIpc) is 1.60. The lowest BCUT2D eigenvalue weighted by molar-refractivity contribution is 0.153. The van der Waals surface area contributed by atoms with Crippen LogP contribution in [0.25, 0.3) is 0 Å². The number of hydrogen-bond acceptors (Lipinski definition) is 2. The number of nitrogens with one attached hydrogen (secondary N) is 1. The van der Waals surface area contributed by atoms with Gasteiger partial charge in [-0.3, -0.25) is 0 Å². The Kier molecular flexibility index (Phi) is 1.78. The second-order valence-electron chi connectivity index (χ2n) is 3.55. The third-order valence-electron chi connectivity index (χ3n) is 2.41. The lowest BCUT2D eigenvalue weighted by Crippen LogP contribution is -2.52. The van der Waals surface area contributed by atoms with E-state index in [0.29, 0.717) is 5.41 Å². The molecule has 3 N–H and O–H groups in total. The van der Waals surface area contributed by atoms with Crippen molar-refractivity contribution in [3.63, 3.8) is 0 Å². The summed E-state index contributed by atoms with van der Waals surface area (Å²) in [5.41, 5.74) is 5.94. The SMILES string of the molecule is CC(C)(CN)C1CNC1. The molecule has 0 atom stereocenters. The van der Waals surface area contributed by atoms with Gasteiger partial charge in [0.1, 0.15) is 0 Å². The van der Waals surface area contributed by atoms with Crippen LogP contribution in [0.3, 0.4) is 0 Å². The van der Waals surface area contributed by atoms with E-state index in [0.717, 1.165) is 25.6 Å². The van der Waals surface area contributed by atoms with E-state index in [1.54, 1.807) is 0 Å². The first-order valence-corrected chi connectivity index (χ1v) is 3.57. The smallest absolute Gasteiger partial charge is 0.000265 e. The van der Waals surface area contributed by atoms with Crippen molar-refractivity contribution in [1.82, 2.24) is 5.32 Å². The molecule has 2 nitrogen and oxygen atoms in total. The maximum atomic E-state index is 5.59. The van der Waals surface area contributed by atoms with Crippen LogP contribution in [0, 0.1) is 11.3 Å². The first kappa shape index (κ1) is 7.03. The van der Waals surface area contributed by atoms with Gasteiger partial charge in [-0.05, 0) is 31.0 Å². The standard InChI is InChI=1S/C7H16N2/c1-7(2,5-8)6-3-9-4-6/h6,9H,3-5,8H2,1-2H3. The van der Waals surface area contributed by atoms with Gasteiger partial charge in [-0.15, -0.1) is 0 Å². The highest BCUT2D eigenvalue weighted by molar-refractivity contribution is 4.87. The molecule has 2 heteroatoms. The monoisotopic (exact) mass is 128 g/mol. The van der Waals surface area contributed by atoms with Crippen molar-refractivity contribution in [2.45, 2.75) is 13.8 Å². The van der Waals surface area contributed by atoms with E-state index < -0.39 is 0 Å². The van der Waals surface area contributed by atoms with Crippen LogP contribution >= 0.6 is 0 Å². The summed E-state index contributed by atoms with van der Waals surface area (Å²) in [5, 5.41) is 3.25. The molecule has 9 heavy (non-hydrogen) atoms. The van der Waals surface area contributed by atoms with E-state index in [1.165, 1.54) is 0 Å². The average molecular weight is 128 g/mol. The highest BCUT2D eigenvalue weighted by atomic mass is 15.0. The molecule has 0 spiro atoms. The van der Waals surface area contributed by atoms with Crippen molar-refractivity contribution in [1.29, 1.82) is 0 Å². The summed E-state index contributed by atoms with van der Waals surface area (Å²) in [6.45, 7) is 7.59. The van der Waals surface area contributed by atoms with Crippen LogP contribution in [0.1, 0.15) is 13.8 Å². The van der Waals surface area contributed by atoms with Crippen LogP contribution in [0.2, 0.25) is 0 Å². The van der Waals surface area contributed by atoms with Crippen LogP contribution in [0.5, 0.6) is 0 Å². The molecule has 0 saturated carbocycles. The van der Waals surface area contributed by atoms with Gasteiger partial charge in [0.2, 0.25) is 0 Å². The van der Waals surface area contributed by atoms with Gasteiger partial charge in [-0.1, -0.05) is 13.8 Å². The Morgan fingerprint density at radius 3 is 2.22 bits per heavy atom. The lowest BCUT2D eigenvalue weighted by atomic mass is 9.75. The maximum absolute atomic E-state index is 5.59. The molecule has 1 fully saturated rings. The molecule has 1 saturated heterocycles. The van der Waals surface area contributed by atoms with Crippen molar-refractivity contribution in [2.75, 3.05) is 19.6 Å². The summed E-state index contributed by atoms with van der Waals surface area (Å²) in [6, 6.07) is 0. The zero-order chi connectivity index (χ0) is 6.91. The molecule has 0 unspecified atom stereocenters. The Balaban J connectivity index is 2.37. The van der Waals surface area contributed by atoms with Crippen molar-refractivity contribution < 1.29 is 0 Å². The minimum atomic E-state index is 0.352. The molecular weight excluding hydrogens is 112 g/mol. The Morgan fingerprint density at radius 1 is 1.56 bits per heavy atom. The van der Waals surface area contributed by atoms with Gasteiger partial charge in [0.05, 0.1) is 0 Å². The van der Waals surface area contributed by atoms with E-state index in [-0.39, 0.29) is 0 Å². The second kappa shape index (κ2) is 2.27. The Morgan fingerprint density at radius 2 is 2.11 bits per heavy atom. The van der Waals surface area contributed by atoms with Crippen LogP contribution < -0.4 is 11.1 Å². The molecule has 0 aromatic carbocycles. The van der Waals surface area contributed by atoms with E-state index in [1.807, 2.05) is 0 Å². The fraction of sp³-hybridized carbons (Fsp3) is 1.00. The van der Waals surface area contributed by atoms with Crippen LogP contribution in [0.4, 0.5) is 0 Å². The molecule has 0 amide bonds. The lowest BCUT2D eigenvalue weighted by Gasteiger charge is -2.40. The molecule has 54 valence electrons. The minimum Gasteiger partial charge on any atom is -0.330 e. The maximum Gasteiger partial charge on any atom is -0.000265 e. The first-order chi connectivity index (χ1) is 4.17. The summed E-state index contributed by atoms with van der Waals surface area (Å²) in [4.78, 5) is 0. The van der Waals surface area contributed by atoms with Crippen molar-refractivity contribution >= 4 is 0 Å². The zero-order valence-electron chi connectivity index (χ0n) is 6.28. The van der Waals surface area contributed by atoms with E-state index in [4.69, 9.17) is 5.73 Å². The minimum absolute atomic E-state index is 0.352. The molecule has 1 aliphatic rings. The van der Waals surface area contributed by atoms with Gasteiger partial charge in [-0.2, -0.15) is 0 Å².